The largest absolute Gasteiger partial charge is 0.418 e. The summed E-state index contributed by atoms with van der Waals surface area (Å²) in [6.45, 7) is 7.94. The van der Waals surface area contributed by atoms with Crippen molar-refractivity contribution in [3.05, 3.63) is 70.4 Å². The smallest absolute Gasteiger partial charge is 0.392 e. The number of unbranched alkanes of at least 4 members (excludes halogenated alkanes) is 1. The van der Waals surface area contributed by atoms with E-state index < -0.39 is 48.3 Å². The standard InChI is InChI=1S/C20H24F3N3OS.C11H11F3N2O2.C4H10/c1-3-10(2)16(18(24)28)26-19(27)11-7-8-15-13(9-11)12-5-4-6-14(17(12)25-15)20(21,22)23;12-11(13,14)8-4-2-1-3-7(8)5-10(18)16-6-9(15)17;1-3-4-2/h4-6,10-11,16,25H,3,7-9H2,1-2H3,(H2,24,28)(H,26,27);1-4H,5-6H2,(H2,15,17)(H,16,18);3-4H2,1-2H3/t10?,11?,16-;;/m0../s1. The van der Waals surface area contributed by atoms with Gasteiger partial charge in [-0.05, 0) is 48.4 Å². The molecule has 276 valence electrons. The number of primary amides is 1. The molecular formula is C35H45F6N5O3S. The molecule has 7 N–H and O–H groups in total. The quantitative estimate of drug-likeness (QED) is 0.116. The third-order valence-electron chi connectivity index (χ3n) is 8.35. The molecule has 3 aromatic rings. The van der Waals surface area contributed by atoms with E-state index in [0.717, 1.165) is 29.8 Å². The lowest BCUT2D eigenvalue weighted by Gasteiger charge is -2.27. The van der Waals surface area contributed by atoms with Crippen molar-refractivity contribution in [2.45, 2.75) is 91.0 Å². The molecule has 0 aliphatic heterocycles. The van der Waals surface area contributed by atoms with Crippen LogP contribution < -0.4 is 22.1 Å². The molecule has 1 heterocycles. The molecule has 0 radical (unpaired) electrons. The van der Waals surface area contributed by atoms with Crippen LogP contribution in [0.2, 0.25) is 0 Å². The second-order valence-corrected chi connectivity index (χ2v) is 12.6. The van der Waals surface area contributed by atoms with Gasteiger partial charge in [-0.15, -0.1) is 0 Å². The molecule has 15 heteroatoms. The number of halogens is 6. The minimum absolute atomic E-state index is 0.0988. The number of carbonyl (C=O) groups excluding carboxylic acids is 3. The van der Waals surface area contributed by atoms with Gasteiger partial charge >= 0.3 is 12.4 Å². The van der Waals surface area contributed by atoms with Gasteiger partial charge in [0.15, 0.2) is 0 Å². The summed E-state index contributed by atoms with van der Waals surface area (Å²) in [6, 6.07) is 8.55. The van der Waals surface area contributed by atoms with Crippen LogP contribution in [-0.2, 0) is 46.0 Å². The van der Waals surface area contributed by atoms with Crippen molar-refractivity contribution in [2.24, 2.45) is 23.3 Å². The second kappa shape index (κ2) is 18.7. The first-order valence-electron chi connectivity index (χ1n) is 16.3. The number of carbonyl (C=O) groups is 3. The summed E-state index contributed by atoms with van der Waals surface area (Å²) in [5.74, 6) is -1.80. The Hall–Kier alpha value is -4.14. The molecule has 1 aliphatic rings. The van der Waals surface area contributed by atoms with E-state index >= 15 is 0 Å². The molecule has 0 fully saturated rings. The van der Waals surface area contributed by atoms with Crippen LogP contribution in [0.15, 0.2) is 42.5 Å². The van der Waals surface area contributed by atoms with Crippen molar-refractivity contribution in [1.29, 1.82) is 0 Å². The summed E-state index contributed by atoms with van der Waals surface area (Å²) in [5.41, 5.74) is 10.6. The number of hydrogen-bond acceptors (Lipinski definition) is 4. The number of aryl methyl sites for hydroxylation is 1. The van der Waals surface area contributed by atoms with Crippen LogP contribution in [0.5, 0.6) is 0 Å². The van der Waals surface area contributed by atoms with Crippen LogP contribution in [0.4, 0.5) is 26.3 Å². The van der Waals surface area contributed by atoms with Crippen molar-refractivity contribution in [3.8, 4) is 0 Å². The molecule has 3 amide bonds. The van der Waals surface area contributed by atoms with Gasteiger partial charge < -0.3 is 27.1 Å². The Morgan fingerprint density at radius 3 is 2.08 bits per heavy atom. The molecule has 8 nitrogen and oxygen atoms in total. The Labute approximate surface area is 293 Å². The number of para-hydroxylation sites is 1. The van der Waals surface area contributed by atoms with Crippen molar-refractivity contribution in [1.82, 2.24) is 15.6 Å². The molecule has 0 bridgehead atoms. The van der Waals surface area contributed by atoms with Crippen molar-refractivity contribution >= 4 is 45.8 Å². The lowest BCUT2D eigenvalue weighted by Crippen LogP contribution is -2.49. The van der Waals surface area contributed by atoms with Gasteiger partial charge in [-0.2, -0.15) is 26.3 Å². The molecule has 1 aliphatic carbocycles. The number of benzene rings is 2. The van der Waals surface area contributed by atoms with Crippen LogP contribution in [-0.4, -0.2) is 40.3 Å². The Kier molecular flexibility index (Phi) is 15.8. The van der Waals surface area contributed by atoms with Crippen LogP contribution in [0, 0.1) is 11.8 Å². The molecule has 0 saturated carbocycles. The van der Waals surface area contributed by atoms with Gasteiger partial charge in [0, 0.05) is 17.0 Å². The first-order valence-corrected chi connectivity index (χ1v) is 16.8. The summed E-state index contributed by atoms with van der Waals surface area (Å²) in [4.78, 5) is 37.7. The first kappa shape index (κ1) is 42.0. The Morgan fingerprint density at radius 2 is 1.54 bits per heavy atom. The molecule has 0 spiro atoms. The molecule has 50 heavy (non-hydrogen) atoms. The van der Waals surface area contributed by atoms with Gasteiger partial charge in [-0.1, -0.05) is 89.5 Å². The van der Waals surface area contributed by atoms with E-state index in [2.05, 4.69) is 29.5 Å². The summed E-state index contributed by atoms with van der Waals surface area (Å²) < 4.78 is 77.7. The molecular weight excluding hydrogens is 684 g/mol. The number of fused-ring (bicyclic) bond motifs is 3. The number of H-pyrrole nitrogens is 1. The first-order chi connectivity index (χ1) is 23.3. The van der Waals surface area contributed by atoms with E-state index in [9.17, 15) is 40.7 Å². The predicted octanol–water partition coefficient (Wildman–Crippen LogP) is 6.76. The van der Waals surface area contributed by atoms with Crippen LogP contribution in [0.25, 0.3) is 10.9 Å². The van der Waals surface area contributed by atoms with Crippen LogP contribution >= 0.6 is 12.2 Å². The van der Waals surface area contributed by atoms with Gasteiger partial charge in [-0.25, -0.2) is 0 Å². The average molecular weight is 730 g/mol. The summed E-state index contributed by atoms with van der Waals surface area (Å²) in [5, 5.41) is 5.61. The zero-order valence-electron chi connectivity index (χ0n) is 28.5. The maximum Gasteiger partial charge on any atom is 0.418 e. The number of rotatable bonds is 10. The topological polar surface area (TPSA) is 143 Å². The van der Waals surface area contributed by atoms with Crippen molar-refractivity contribution in [3.63, 3.8) is 0 Å². The second-order valence-electron chi connectivity index (χ2n) is 12.1. The normalized spacial score (nSPS) is 15.3. The van der Waals surface area contributed by atoms with Crippen molar-refractivity contribution in [2.75, 3.05) is 6.54 Å². The highest BCUT2D eigenvalue weighted by Crippen LogP contribution is 2.39. The Balaban J connectivity index is 0.000000339. The molecule has 3 atom stereocenters. The number of hydrogen-bond donors (Lipinski definition) is 5. The minimum Gasteiger partial charge on any atom is -0.392 e. The highest BCUT2D eigenvalue weighted by Gasteiger charge is 2.36. The molecule has 1 aromatic heterocycles. The third kappa shape index (κ3) is 12.0. The number of thiocarbonyl (C=S) groups is 1. The maximum absolute atomic E-state index is 13.3. The summed E-state index contributed by atoms with van der Waals surface area (Å²) in [7, 11) is 0. The Morgan fingerprint density at radius 1 is 0.940 bits per heavy atom. The maximum atomic E-state index is 13.3. The number of aromatic nitrogens is 1. The SMILES string of the molecule is CCC(C)[C@H](NC(=O)C1CCc2[nH]c3c(C(F)(F)F)cccc3c2C1)C(N)=S.CCCC.NC(=O)CNC(=O)Cc1ccccc1C(F)(F)F. The average Bonchev–Trinajstić information content (AvgIpc) is 3.43. The number of aromatic amines is 1. The number of nitrogens with two attached hydrogens (primary N) is 2. The monoisotopic (exact) mass is 729 g/mol. The number of amides is 3. The van der Waals surface area contributed by atoms with Gasteiger partial charge in [-0.3, -0.25) is 14.4 Å². The third-order valence-corrected chi connectivity index (χ3v) is 8.60. The molecule has 0 saturated heterocycles. The van der Waals surface area contributed by atoms with E-state index in [4.69, 9.17) is 23.7 Å². The van der Waals surface area contributed by atoms with E-state index in [0.29, 0.717) is 24.6 Å². The minimum atomic E-state index is -4.51. The Bertz CT molecular complexity index is 1620. The summed E-state index contributed by atoms with van der Waals surface area (Å²) >= 11 is 5.09. The van der Waals surface area contributed by atoms with E-state index in [1.165, 1.54) is 37.1 Å². The predicted molar refractivity (Wildman–Crippen MR) is 185 cm³/mol. The highest BCUT2D eigenvalue weighted by molar-refractivity contribution is 7.80. The molecule has 4 rings (SSSR count). The van der Waals surface area contributed by atoms with Gasteiger partial charge in [0.25, 0.3) is 0 Å². The fourth-order valence-electron chi connectivity index (χ4n) is 5.27. The van der Waals surface area contributed by atoms with Crippen molar-refractivity contribution < 1.29 is 40.7 Å². The van der Waals surface area contributed by atoms with Gasteiger partial charge in [0.1, 0.15) is 0 Å². The number of alkyl halides is 6. The van der Waals surface area contributed by atoms with E-state index in [1.807, 2.05) is 13.8 Å². The van der Waals surface area contributed by atoms with Gasteiger partial charge in [0.05, 0.1) is 40.6 Å². The van der Waals surface area contributed by atoms with Crippen LogP contribution in [0.1, 0.15) is 81.3 Å². The number of nitrogens with one attached hydrogen (secondary N) is 3. The lowest BCUT2D eigenvalue weighted by atomic mass is 9.85. The highest BCUT2D eigenvalue weighted by atomic mass is 32.1. The van der Waals surface area contributed by atoms with E-state index in [-0.39, 0.29) is 39.9 Å². The van der Waals surface area contributed by atoms with Crippen LogP contribution in [0.3, 0.4) is 0 Å². The zero-order valence-corrected chi connectivity index (χ0v) is 29.3. The fraction of sp³-hybridized carbons (Fsp3) is 0.486. The van der Waals surface area contributed by atoms with E-state index in [1.54, 1.807) is 6.07 Å². The molecule has 2 unspecified atom stereocenters. The lowest BCUT2D eigenvalue weighted by molar-refractivity contribution is -0.138. The fourth-order valence-corrected chi connectivity index (χ4v) is 5.56. The zero-order chi connectivity index (χ0) is 37.8. The molecule has 2 aromatic carbocycles. The van der Waals surface area contributed by atoms with Gasteiger partial charge in [0.2, 0.25) is 17.7 Å². The summed E-state index contributed by atoms with van der Waals surface area (Å²) in [6.07, 6.45) is -4.45.